The highest BCUT2D eigenvalue weighted by molar-refractivity contribution is 5.85. The molecule has 0 saturated heterocycles. The van der Waals surface area contributed by atoms with Crippen LogP contribution in [0.3, 0.4) is 0 Å². The van der Waals surface area contributed by atoms with Gasteiger partial charge in [-0.25, -0.2) is 0 Å². The van der Waals surface area contributed by atoms with Gasteiger partial charge >= 0.3 is 0 Å². The topological polar surface area (TPSA) is 23.8 Å². The molecule has 0 spiro atoms. The summed E-state index contributed by atoms with van der Waals surface area (Å²) in [6.45, 7) is 0. The third-order valence-corrected chi connectivity index (χ3v) is 4.21. The molecule has 0 atom stereocenters. The van der Waals surface area contributed by atoms with Crippen molar-refractivity contribution in [3.8, 4) is 6.07 Å². The molecule has 0 bridgehead atoms. The van der Waals surface area contributed by atoms with E-state index in [9.17, 15) is 5.26 Å². The number of benzene rings is 2. The van der Waals surface area contributed by atoms with Crippen molar-refractivity contribution < 1.29 is 0 Å². The molecule has 1 saturated carbocycles. The van der Waals surface area contributed by atoms with Crippen molar-refractivity contribution in [2.45, 2.75) is 32.1 Å². The molecule has 0 unspecified atom stereocenters. The maximum atomic E-state index is 9.50. The fourth-order valence-corrected chi connectivity index (χ4v) is 3.19. The number of rotatable bonds is 2. The zero-order valence-electron chi connectivity index (χ0n) is 10.5. The Morgan fingerprint density at radius 2 is 1.72 bits per heavy atom. The molecule has 0 aliphatic heterocycles. The van der Waals surface area contributed by atoms with E-state index in [0.29, 0.717) is 0 Å². The van der Waals surface area contributed by atoms with Gasteiger partial charge in [0.2, 0.25) is 0 Å². The Morgan fingerprint density at radius 1 is 1.00 bits per heavy atom. The van der Waals surface area contributed by atoms with Crippen molar-refractivity contribution in [2.24, 2.45) is 5.41 Å². The predicted molar refractivity (Wildman–Crippen MR) is 74.2 cm³/mol. The molecule has 0 amide bonds. The zero-order chi connectivity index (χ0) is 12.4. The van der Waals surface area contributed by atoms with E-state index in [1.165, 1.54) is 29.2 Å². The summed E-state index contributed by atoms with van der Waals surface area (Å²) < 4.78 is 0. The van der Waals surface area contributed by atoms with Crippen LogP contribution in [0.4, 0.5) is 0 Å². The monoisotopic (exact) mass is 235 g/mol. The Kier molecular flexibility index (Phi) is 2.80. The van der Waals surface area contributed by atoms with Gasteiger partial charge in [-0.3, -0.25) is 0 Å². The number of fused-ring (bicyclic) bond motifs is 1. The van der Waals surface area contributed by atoms with E-state index in [1.807, 2.05) is 0 Å². The lowest BCUT2D eigenvalue weighted by Crippen LogP contribution is -2.17. The second-order valence-electron chi connectivity index (χ2n) is 5.41. The highest BCUT2D eigenvalue weighted by Crippen LogP contribution is 2.41. The maximum Gasteiger partial charge on any atom is 0.0693 e. The first-order valence-corrected chi connectivity index (χ1v) is 6.71. The highest BCUT2D eigenvalue weighted by Gasteiger charge is 2.34. The summed E-state index contributed by atoms with van der Waals surface area (Å²) in [6.07, 6.45) is 5.45. The Morgan fingerprint density at radius 3 is 2.50 bits per heavy atom. The molecule has 0 N–H and O–H groups in total. The quantitative estimate of drug-likeness (QED) is 0.753. The lowest BCUT2D eigenvalue weighted by molar-refractivity contribution is 0.409. The van der Waals surface area contributed by atoms with Crippen LogP contribution in [0, 0.1) is 16.7 Å². The summed E-state index contributed by atoms with van der Waals surface area (Å²) in [5.41, 5.74) is 1.22. The van der Waals surface area contributed by atoms with Crippen molar-refractivity contribution in [3.63, 3.8) is 0 Å². The average molecular weight is 235 g/mol. The Bertz CT molecular complexity index is 595. The van der Waals surface area contributed by atoms with Crippen molar-refractivity contribution in [3.05, 3.63) is 48.0 Å². The van der Waals surface area contributed by atoms with Crippen LogP contribution in [0.15, 0.2) is 42.5 Å². The number of hydrogen-bond acceptors (Lipinski definition) is 1. The molecule has 90 valence electrons. The van der Waals surface area contributed by atoms with Gasteiger partial charge in [0.05, 0.1) is 11.5 Å². The second kappa shape index (κ2) is 4.46. The molecule has 1 aliphatic carbocycles. The molecule has 2 aromatic rings. The molecule has 0 radical (unpaired) electrons. The first-order valence-electron chi connectivity index (χ1n) is 6.71. The molecular formula is C17H17N. The van der Waals surface area contributed by atoms with Crippen molar-refractivity contribution in [2.75, 3.05) is 0 Å². The van der Waals surface area contributed by atoms with E-state index in [2.05, 4.69) is 48.5 Å². The molecule has 0 aromatic heterocycles. The molecule has 0 heterocycles. The van der Waals surface area contributed by atoms with Crippen LogP contribution in [0.2, 0.25) is 0 Å². The number of nitriles is 1. The van der Waals surface area contributed by atoms with E-state index in [4.69, 9.17) is 0 Å². The molecule has 1 nitrogen and oxygen atoms in total. The zero-order valence-corrected chi connectivity index (χ0v) is 10.5. The largest absolute Gasteiger partial charge is 0.198 e. The van der Waals surface area contributed by atoms with Gasteiger partial charge in [0, 0.05) is 0 Å². The summed E-state index contributed by atoms with van der Waals surface area (Å²) in [5, 5.41) is 12.1. The van der Waals surface area contributed by atoms with E-state index in [1.54, 1.807) is 0 Å². The molecule has 1 fully saturated rings. The number of nitrogens with zero attached hydrogens (tertiary/aromatic N) is 1. The summed E-state index contributed by atoms with van der Waals surface area (Å²) in [5.74, 6) is 0. The third-order valence-electron chi connectivity index (χ3n) is 4.21. The molecular weight excluding hydrogens is 218 g/mol. The summed E-state index contributed by atoms with van der Waals surface area (Å²) in [6, 6.07) is 17.5. The fraction of sp³-hybridized carbons (Fsp3) is 0.353. The van der Waals surface area contributed by atoms with Crippen LogP contribution in [0.5, 0.6) is 0 Å². The van der Waals surface area contributed by atoms with Gasteiger partial charge < -0.3 is 0 Å². The second-order valence-corrected chi connectivity index (χ2v) is 5.41. The Hall–Kier alpha value is -1.81. The van der Waals surface area contributed by atoms with Gasteiger partial charge in [-0.05, 0) is 35.6 Å². The fourth-order valence-electron chi connectivity index (χ4n) is 3.19. The standard InChI is InChI=1S/C17H17N/c18-13-17(10-3-4-11-17)12-15-8-5-7-14-6-1-2-9-16(14)15/h1-2,5-9H,3-4,10-12H2. The van der Waals surface area contributed by atoms with E-state index in [-0.39, 0.29) is 5.41 Å². The predicted octanol–water partition coefficient (Wildman–Crippen LogP) is 4.47. The van der Waals surface area contributed by atoms with E-state index in [0.717, 1.165) is 19.3 Å². The lowest BCUT2D eigenvalue weighted by atomic mass is 9.80. The van der Waals surface area contributed by atoms with Crippen LogP contribution < -0.4 is 0 Å². The van der Waals surface area contributed by atoms with Gasteiger partial charge in [0.15, 0.2) is 0 Å². The Labute approximate surface area is 108 Å². The SMILES string of the molecule is N#CC1(Cc2cccc3ccccc23)CCCC1. The van der Waals surface area contributed by atoms with Gasteiger partial charge in [-0.1, -0.05) is 55.3 Å². The summed E-state index contributed by atoms with van der Waals surface area (Å²) >= 11 is 0. The van der Waals surface area contributed by atoms with E-state index < -0.39 is 0 Å². The molecule has 18 heavy (non-hydrogen) atoms. The Balaban J connectivity index is 2.03. The highest BCUT2D eigenvalue weighted by atomic mass is 14.4. The van der Waals surface area contributed by atoms with Crippen molar-refractivity contribution in [1.29, 1.82) is 5.26 Å². The molecule has 1 heteroatoms. The van der Waals surface area contributed by atoms with Gasteiger partial charge in [0.25, 0.3) is 0 Å². The van der Waals surface area contributed by atoms with Crippen molar-refractivity contribution >= 4 is 10.8 Å². The maximum absolute atomic E-state index is 9.50. The van der Waals surface area contributed by atoms with Crippen LogP contribution in [0.1, 0.15) is 31.2 Å². The van der Waals surface area contributed by atoms with Gasteiger partial charge in [-0.15, -0.1) is 0 Å². The van der Waals surface area contributed by atoms with Crippen LogP contribution >= 0.6 is 0 Å². The van der Waals surface area contributed by atoms with E-state index >= 15 is 0 Å². The van der Waals surface area contributed by atoms with Crippen LogP contribution in [0.25, 0.3) is 10.8 Å². The number of hydrogen-bond donors (Lipinski definition) is 0. The molecule has 2 aromatic carbocycles. The van der Waals surface area contributed by atoms with Crippen LogP contribution in [-0.2, 0) is 6.42 Å². The lowest BCUT2D eigenvalue weighted by Gasteiger charge is -2.21. The first-order chi connectivity index (χ1) is 8.83. The first kappa shape index (κ1) is 11.3. The van der Waals surface area contributed by atoms with Gasteiger partial charge in [0.1, 0.15) is 0 Å². The summed E-state index contributed by atoms with van der Waals surface area (Å²) in [7, 11) is 0. The minimum atomic E-state index is -0.107. The minimum Gasteiger partial charge on any atom is -0.198 e. The smallest absolute Gasteiger partial charge is 0.0693 e. The van der Waals surface area contributed by atoms with Gasteiger partial charge in [-0.2, -0.15) is 5.26 Å². The third kappa shape index (κ3) is 1.88. The average Bonchev–Trinajstić information content (AvgIpc) is 2.88. The summed E-state index contributed by atoms with van der Waals surface area (Å²) in [4.78, 5) is 0. The normalized spacial score (nSPS) is 17.7. The minimum absolute atomic E-state index is 0.107. The molecule has 1 aliphatic rings. The van der Waals surface area contributed by atoms with Crippen molar-refractivity contribution in [1.82, 2.24) is 0 Å². The van der Waals surface area contributed by atoms with Crippen LogP contribution in [-0.4, -0.2) is 0 Å². The molecule has 3 rings (SSSR count).